The van der Waals surface area contributed by atoms with Crippen molar-refractivity contribution in [2.45, 2.75) is 32.0 Å². The van der Waals surface area contributed by atoms with Gasteiger partial charge in [-0.15, -0.1) is 0 Å². The summed E-state index contributed by atoms with van der Waals surface area (Å²) in [5.74, 6) is 1.23. The normalized spacial score (nSPS) is 18.9. The van der Waals surface area contributed by atoms with E-state index in [0.717, 1.165) is 37.3 Å². The van der Waals surface area contributed by atoms with Gasteiger partial charge in [-0.2, -0.15) is 18.3 Å². The van der Waals surface area contributed by atoms with E-state index in [4.69, 9.17) is 9.72 Å². The summed E-state index contributed by atoms with van der Waals surface area (Å²) in [6.07, 6.45) is 4.79. The lowest BCUT2D eigenvalue weighted by atomic mass is 9.87. The van der Waals surface area contributed by atoms with E-state index in [9.17, 15) is 13.2 Å². The molecule has 11 heteroatoms. The zero-order valence-electron chi connectivity index (χ0n) is 19.5. The summed E-state index contributed by atoms with van der Waals surface area (Å²) >= 11 is 0. The maximum absolute atomic E-state index is 13.3. The first-order valence-electron chi connectivity index (χ1n) is 11.5. The van der Waals surface area contributed by atoms with Crippen LogP contribution in [-0.4, -0.2) is 55.9 Å². The van der Waals surface area contributed by atoms with Gasteiger partial charge in [0, 0.05) is 44.7 Å². The minimum absolute atomic E-state index is 0.271. The van der Waals surface area contributed by atoms with Crippen LogP contribution in [0.3, 0.4) is 0 Å². The number of aromatic nitrogens is 6. The maximum atomic E-state index is 13.3. The molecule has 5 heterocycles. The monoisotopic (exact) mass is 485 g/mol. The van der Waals surface area contributed by atoms with Gasteiger partial charge < -0.3 is 9.64 Å². The number of hydrogen-bond acceptors (Lipinski definition) is 6. The van der Waals surface area contributed by atoms with Gasteiger partial charge in [-0.25, -0.2) is 15.0 Å². The zero-order valence-corrected chi connectivity index (χ0v) is 19.5. The second-order valence-corrected chi connectivity index (χ2v) is 9.00. The molecule has 0 amide bonds. The molecule has 184 valence electrons. The van der Waals surface area contributed by atoms with E-state index in [0.29, 0.717) is 42.1 Å². The van der Waals surface area contributed by atoms with Crippen LogP contribution in [-0.2, 0) is 17.5 Å². The highest BCUT2D eigenvalue weighted by Gasteiger charge is 2.31. The van der Waals surface area contributed by atoms with Crippen LogP contribution in [0.4, 0.5) is 19.1 Å². The van der Waals surface area contributed by atoms with Gasteiger partial charge in [0.1, 0.15) is 5.65 Å². The SMILES string of the molecule is COCCn1cc([C@@H]2C[C@@H](C)CN(c3nccc(-c4cnc5ccc(C(F)(F)F)cn45)n3)C2)cn1. The van der Waals surface area contributed by atoms with Crippen molar-refractivity contribution in [1.82, 2.24) is 29.1 Å². The Hall–Kier alpha value is -3.47. The summed E-state index contributed by atoms with van der Waals surface area (Å²) < 4.78 is 48.2. The Kier molecular flexibility index (Phi) is 6.18. The number of hydrogen-bond donors (Lipinski definition) is 0. The van der Waals surface area contributed by atoms with E-state index >= 15 is 0 Å². The highest BCUT2D eigenvalue weighted by atomic mass is 19.4. The van der Waals surface area contributed by atoms with Crippen molar-refractivity contribution in [1.29, 1.82) is 0 Å². The number of imidazole rings is 1. The van der Waals surface area contributed by atoms with Gasteiger partial charge in [0.2, 0.25) is 5.95 Å². The summed E-state index contributed by atoms with van der Waals surface area (Å²) in [6.45, 7) is 5.02. The third kappa shape index (κ3) is 4.86. The second-order valence-electron chi connectivity index (χ2n) is 9.00. The molecular weight excluding hydrogens is 459 g/mol. The zero-order chi connectivity index (χ0) is 24.6. The Morgan fingerprint density at radius 1 is 1.09 bits per heavy atom. The summed E-state index contributed by atoms with van der Waals surface area (Å²) in [5.41, 5.74) is 1.85. The molecule has 1 fully saturated rings. The Bertz CT molecular complexity index is 1320. The van der Waals surface area contributed by atoms with Crippen LogP contribution in [0.2, 0.25) is 0 Å². The largest absolute Gasteiger partial charge is 0.417 e. The van der Waals surface area contributed by atoms with Crippen molar-refractivity contribution >= 4 is 11.6 Å². The van der Waals surface area contributed by atoms with Crippen LogP contribution in [0, 0.1) is 5.92 Å². The molecule has 0 unspecified atom stereocenters. The fourth-order valence-electron chi connectivity index (χ4n) is 4.64. The molecule has 0 bridgehead atoms. The molecule has 1 saturated heterocycles. The minimum Gasteiger partial charge on any atom is -0.383 e. The van der Waals surface area contributed by atoms with Crippen molar-refractivity contribution in [2.24, 2.45) is 5.92 Å². The molecule has 1 aliphatic rings. The topological polar surface area (TPSA) is 73.4 Å². The number of fused-ring (bicyclic) bond motifs is 1. The van der Waals surface area contributed by atoms with Crippen LogP contribution in [0.1, 0.15) is 30.4 Å². The fourth-order valence-corrected chi connectivity index (χ4v) is 4.64. The molecule has 8 nitrogen and oxygen atoms in total. The first-order chi connectivity index (χ1) is 16.8. The van der Waals surface area contributed by atoms with Crippen LogP contribution in [0.5, 0.6) is 0 Å². The first-order valence-corrected chi connectivity index (χ1v) is 11.5. The van der Waals surface area contributed by atoms with Crippen molar-refractivity contribution in [3.05, 3.63) is 60.3 Å². The van der Waals surface area contributed by atoms with Crippen molar-refractivity contribution in [2.75, 3.05) is 31.7 Å². The third-order valence-corrected chi connectivity index (χ3v) is 6.33. The van der Waals surface area contributed by atoms with Gasteiger partial charge in [-0.05, 0) is 36.1 Å². The van der Waals surface area contributed by atoms with E-state index in [2.05, 4.69) is 33.1 Å². The van der Waals surface area contributed by atoms with E-state index in [1.165, 1.54) is 16.7 Å². The minimum atomic E-state index is -4.44. The summed E-state index contributed by atoms with van der Waals surface area (Å²) in [4.78, 5) is 15.6. The Labute approximate surface area is 200 Å². The number of methoxy groups -OCH3 is 1. The Balaban J connectivity index is 1.42. The molecule has 0 saturated carbocycles. The van der Waals surface area contributed by atoms with Crippen molar-refractivity contribution < 1.29 is 17.9 Å². The fraction of sp³-hybridized carbons (Fsp3) is 0.417. The van der Waals surface area contributed by atoms with Crippen LogP contribution in [0.15, 0.2) is 49.2 Å². The summed E-state index contributed by atoms with van der Waals surface area (Å²) in [7, 11) is 1.67. The number of ether oxygens (including phenoxy) is 1. The standard InChI is InChI=1S/C24H26F3N7O/c1-16-9-17(18-10-30-33(14-18)7-8-35-2)13-32(12-16)23-28-6-5-20(31-23)21-11-29-22-4-3-19(15-34(21)22)24(25,26)27/h3-6,10-11,14-17H,7-9,12-13H2,1-2H3/t16-,17-/m1/s1. The van der Waals surface area contributed by atoms with Gasteiger partial charge in [-0.1, -0.05) is 6.92 Å². The lowest BCUT2D eigenvalue weighted by Crippen LogP contribution is -2.39. The lowest BCUT2D eigenvalue weighted by Gasteiger charge is -2.36. The second kappa shape index (κ2) is 9.29. The van der Waals surface area contributed by atoms with Crippen molar-refractivity contribution in [3.8, 4) is 11.4 Å². The first kappa shape index (κ1) is 23.3. The summed E-state index contributed by atoms with van der Waals surface area (Å²) in [6, 6.07) is 4.08. The smallest absolute Gasteiger partial charge is 0.383 e. The molecule has 1 aliphatic heterocycles. The molecule has 4 aromatic heterocycles. The number of halogens is 3. The number of rotatable bonds is 6. The van der Waals surface area contributed by atoms with Crippen LogP contribution >= 0.6 is 0 Å². The quantitative estimate of drug-likeness (QED) is 0.406. The molecular formula is C24H26F3N7O. The average Bonchev–Trinajstić information content (AvgIpc) is 3.49. The predicted octanol–water partition coefficient (Wildman–Crippen LogP) is 4.28. The van der Waals surface area contributed by atoms with Gasteiger partial charge in [-0.3, -0.25) is 9.08 Å². The van der Waals surface area contributed by atoms with Crippen molar-refractivity contribution in [3.63, 3.8) is 0 Å². The maximum Gasteiger partial charge on any atom is 0.417 e. The molecule has 0 spiro atoms. The number of nitrogens with zero attached hydrogens (tertiary/aromatic N) is 7. The van der Waals surface area contributed by atoms with Crippen LogP contribution in [0.25, 0.3) is 17.0 Å². The molecule has 0 aromatic carbocycles. The number of alkyl halides is 3. The molecule has 2 atom stereocenters. The summed E-state index contributed by atoms with van der Waals surface area (Å²) in [5, 5.41) is 4.45. The number of anilines is 1. The van der Waals surface area contributed by atoms with Gasteiger partial charge in [0.15, 0.2) is 0 Å². The molecule has 0 aliphatic carbocycles. The van der Waals surface area contributed by atoms with E-state index in [1.54, 1.807) is 19.4 Å². The van der Waals surface area contributed by atoms with E-state index < -0.39 is 11.7 Å². The third-order valence-electron chi connectivity index (χ3n) is 6.33. The molecule has 0 N–H and O–H groups in total. The van der Waals surface area contributed by atoms with Gasteiger partial charge >= 0.3 is 6.18 Å². The molecule has 4 aromatic rings. The predicted molar refractivity (Wildman–Crippen MR) is 124 cm³/mol. The van der Waals surface area contributed by atoms with Gasteiger partial charge in [0.25, 0.3) is 0 Å². The highest BCUT2D eigenvalue weighted by Crippen LogP contribution is 2.33. The van der Waals surface area contributed by atoms with Gasteiger partial charge in [0.05, 0.1) is 42.5 Å². The lowest BCUT2D eigenvalue weighted by molar-refractivity contribution is -0.137. The highest BCUT2D eigenvalue weighted by molar-refractivity contribution is 5.61. The number of piperidine rings is 1. The molecule has 5 rings (SSSR count). The van der Waals surface area contributed by atoms with Crippen LogP contribution < -0.4 is 4.90 Å². The molecule has 0 radical (unpaired) electrons. The van der Waals surface area contributed by atoms with E-state index in [1.807, 2.05) is 10.9 Å². The van der Waals surface area contributed by atoms with E-state index in [-0.39, 0.29) is 5.92 Å². The number of pyridine rings is 1. The Morgan fingerprint density at radius 2 is 1.94 bits per heavy atom. The average molecular weight is 486 g/mol. The Morgan fingerprint density at radius 3 is 2.74 bits per heavy atom. The molecule has 35 heavy (non-hydrogen) atoms.